The average Bonchev–Trinajstić information content (AvgIpc) is 2.31. The largest absolute Gasteiger partial charge is 0.352 e. The van der Waals surface area contributed by atoms with E-state index in [4.69, 9.17) is 5.73 Å². The molecule has 0 aliphatic rings. The molecule has 17 heavy (non-hydrogen) atoms. The van der Waals surface area contributed by atoms with Gasteiger partial charge >= 0.3 is 0 Å². The van der Waals surface area contributed by atoms with Gasteiger partial charge in [-0.1, -0.05) is 24.6 Å². The Hall–Kier alpha value is -1.35. The molecule has 0 spiro atoms. The number of nitrogens with two attached hydrogens (primary N) is 1. The van der Waals surface area contributed by atoms with E-state index in [1.165, 1.54) is 0 Å². The molecule has 0 aromatic heterocycles. The van der Waals surface area contributed by atoms with Crippen molar-refractivity contribution in [1.29, 1.82) is 0 Å². The van der Waals surface area contributed by atoms with E-state index in [0.29, 0.717) is 6.54 Å². The first-order valence-electron chi connectivity index (χ1n) is 6.15. The van der Waals surface area contributed by atoms with Crippen LogP contribution >= 0.6 is 0 Å². The minimum atomic E-state index is -0.00509. The van der Waals surface area contributed by atoms with Crippen molar-refractivity contribution in [3.63, 3.8) is 0 Å². The molecule has 0 fully saturated rings. The second-order valence-corrected chi connectivity index (χ2v) is 4.53. The van der Waals surface area contributed by atoms with Gasteiger partial charge in [0, 0.05) is 18.2 Å². The number of carbonyl (C=O) groups is 1. The number of rotatable bonds is 5. The molecular weight excluding hydrogens is 212 g/mol. The summed E-state index contributed by atoms with van der Waals surface area (Å²) < 4.78 is 0. The smallest absolute Gasteiger partial charge is 0.251 e. The fourth-order valence-electron chi connectivity index (χ4n) is 1.65. The Bertz CT molecular complexity index is 388. The highest BCUT2D eigenvalue weighted by Crippen LogP contribution is 2.10. The van der Waals surface area contributed by atoms with E-state index in [9.17, 15) is 4.79 Å². The summed E-state index contributed by atoms with van der Waals surface area (Å²) in [5.41, 5.74) is 8.67. The van der Waals surface area contributed by atoms with Gasteiger partial charge in [0.25, 0.3) is 5.91 Å². The Morgan fingerprint density at radius 1 is 1.41 bits per heavy atom. The normalized spacial score (nSPS) is 12.2. The zero-order chi connectivity index (χ0) is 12.8. The van der Waals surface area contributed by atoms with Gasteiger partial charge in [-0.25, -0.2) is 0 Å². The third-order valence-electron chi connectivity index (χ3n) is 2.96. The summed E-state index contributed by atoms with van der Waals surface area (Å²) >= 11 is 0. The standard InChI is InChI=1S/C14H22N2O/c1-4-12(15)7-8-16-14(17)13-9-10(2)5-6-11(13)3/h5-6,9,12H,4,7-8,15H2,1-3H3,(H,16,17). The highest BCUT2D eigenvalue weighted by molar-refractivity contribution is 5.95. The van der Waals surface area contributed by atoms with Gasteiger partial charge < -0.3 is 11.1 Å². The van der Waals surface area contributed by atoms with Crippen molar-refractivity contribution >= 4 is 5.91 Å². The number of hydrogen-bond donors (Lipinski definition) is 2. The van der Waals surface area contributed by atoms with Crippen LogP contribution in [0.15, 0.2) is 18.2 Å². The molecule has 3 heteroatoms. The summed E-state index contributed by atoms with van der Waals surface area (Å²) in [6, 6.07) is 6.08. The second-order valence-electron chi connectivity index (χ2n) is 4.53. The van der Waals surface area contributed by atoms with E-state index in [1.807, 2.05) is 32.0 Å². The van der Waals surface area contributed by atoms with Crippen molar-refractivity contribution in [3.05, 3.63) is 34.9 Å². The van der Waals surface area contributed by atoms with E-state index in [-0.39, 0.29) is 11.9 Å². The molecule has 0 saturated carbocycles. The van der Waals surface area contributed by atoms with Gasteiger partial charge in [0.1, 0.15) is 0 Å². The molecule has 1 atom stereocenters. The fourth-order valence-corrected chi connectivity index (χ4v) is 1.65. The minimum absolute atomic E-state index is 0.00509. The van der Waals surface area contributed by atoms with Gasteiger partial charge in [0.15, 0.2) is 0 Å². The maximum Gasteiger partial charge on any atom is 0.251 e. The first kappa shape index (κ1) is 13.7. The lowest BCUT2D eigenvalue weighted by molar-refractivity contribution is 0.0952. The summed E-state index contributed by atoms with van der Waals surface area (Å²) in [5.74, 6) is -0.00509. The Morgan fingerprint density at radius 2 is 2.12 bits per heavy atom. The molecule has 0 aliphatic heterocycles. The summed E-state index contributed by atoms with van der Waals surface area (Å²) in [6.07, 6.45) is 1.77. The van der Waals surface area contributed by atoms with Crippen LogP contribution in [0.1, 0.15) is 41.3 Å². The molecule has 0 aliphatic carbocycles. The van der Waals surface area contributed by atoms with Crippen molar-refractivity contribution in [2.75, 3.05) is 6.54 Å². The van der Waals surface area contributed by atoms with Crippen LogP contribution in [0.5, 0.6) is 0 Å². The number of hydrogen-bond acceptors (Lipinski definition) is 2. The van der Waals surface area contributed by atoms with Crippen molar-refractivity contribution in [1.82, 2.24) is 5.32 Å². The zero-order valence-electron chi connectivity index (χ0n) is 10.9. The molecule has 0 radical (unpaired) electrons. The molecule has 3 N–H and O–H groups in total. The number of carbonyl (C=O) groups excluding carboxylic acids is 1. The molecule has 1 aromatic rings. The van der Waals surface area contributed by atoms with Crippen molar-refractivity contribution < 1.29 is 4.79 Å². The maximum atomic E-state index is 11.9. The molecule has 1 unspecified atom stereocenters. The number of nitrogens with one attached hydrogen (secondary N) is 1. The molecule has 1 aromatic carbocycles. The highest BCUT2D eigenvalue weighted by Gasteiger charge is 2.08. The predicted octanol–water partition coefficient (Wildman–Crippen LogP) is 2.16. The summed E-state index contributed by atoms with van der Waals surface area (Å²) in [7, 11) is 0. The fraction of sp³-hybridized carbons (Fsp3) is 0.500. The first-order valence-corrected chi connectivity index (χ1v) is 6.15. The maximum absolute atomic E-state index is 11.9. The number of aryl methyl sites for hydroxylation is 2. The Kier molecular flexibility index (Phi) is 5.16. The van der Waals surface area contributed by atoms with Crippen molar-refractivity contribution in [2.45, 2.75) is 39.7 Å². The van der Waals surface area contributed by atoms with Crippen LogP contribution in [-0.2, 0) is 0 Å². The van der Waals surface area contributed by atoms with Crippen LogP contribution in [0.4, 0.5) is 0 Å². The summed E-state index contributed by atoms with van der Waals surface area (Å²) in [6.45, 7) is 6.63. The lowest BCUT2D eigenvalue weighted by atomic mass is 10.0. The number of amides is 1. The third-order valence-corrected chi connectivity index (χ3v) is 2.96. The molecule has 3 nitrogen and oxygen atoms in total. The van der Waals surface area contributed by atoms with Gasteiger partial charge in [0.2, 0.25) is 0 Å². The van der Waals surface area contributed by atoms with E-state index >= 15 is 0 Å². The number of benzene rings is 1. The van der Waals surface area contributed by atoms with Crippen molar-refractivity contribution in [2.24, 2.45) is 5.73 Å². The van der Waals surface area contributed by atoms with Gasteiger partial charge in [-0.15, -0.1) is 0 Å². The quantitative estimate of drug-likeness (QED) is 0.820. The van der Waals surface area contributed by atoms with Crippen LogP contribution in [0.2, 0.25) is 0 Å². The van der Waals surface area contributed by atoms with Crippen LogP contribution in [-0.4, -0.2) is 18.5 Å². The van der Waals surface area contributed by atoms with Crippen LogP contribution in [0, 0.1) is 13.8 Å². The Labute approximate surface area is 103 Å². The van der Waals surface area contributed by atoms with E-state index in [2.05, 4.69) is 12.2 Å². The highest BCUT2D eigenvalue weighted by atomic mass is 16.1. The zero-order valence-corrected chi connectivity index (χ0v) is 10.9. The first-order chi connectivity index (χ1) is 8.04. The molecule has 0 bridgehead atoms. The molecular formula is C14H22N2O. The SMILES string of the molecule is CCC(N)CCNC(=O)c1cc(C)ccc1C. The van der Waals surface area contributed by atoms with E-state index < -0.39 is 0 Å². The van der Waals surface area contributed by atoms with Crippen molar-refractivity contribution in [3.8, 4) is 0 Å². The average molecular weight is 234 g/mol. The second kappa shape index (κ2) is 6.40. The van der Waals surface area contributed by atoms with E-state index in [0.717, 1.165) is 29.5 Å². The van der Waals surface area contributed by atoms with Crippen LogP contribution < -0.4 is 11.1 Å². The minimum Gasteiger partial charge on any atom is -0.352 e. The third kappa shape index (κ3) is 4.19. The van der Waals surface area contributed by atoms with Gasteiger partial charge in [-0.05, 0) is 38.3 Å². The van der Waals surface area contributed by atoms with Crippen LogP contribution in [0.3, 0.4) is 0 Å². The molecule has 1 rings (SSSR count). The Morgan fingerprint density at radius 3 is 2.76 bits per heavy atom. The lowest BCUT2D eigenvalue weighted by Crippen LogP contribution is -2.30. The molecule has 0 saturated heterocycles. The Balaban J connectivity index is 2.55. The summed E-state index contributed by atoms with van der Waals surface area (Å²) in [4.78, 5) is 11.9. The topological polar surface area (TPSA) is 55.1 Å². The summed E-state index contributed by atoms with van der Waals surface area (Å²) in [5, 5.41) is 2.91. The lowest BCUT2D eigenvalue weighted by Gasteiger charge is -2.11. The molecule has 1 amide bonds. The van der Waals surface area contributed by atoms with Gasteiger partial charge in [0.05, 0.1) is 0 Å². The molecule has 94 valence electrons. The predicted molar refractivity (Wildman–Crippen MR) is 71.1 cm³/mol. The van der Waals surface area contributed by atoms with Crippen LogP contribution in [0.25, 0.3) is 0 Å². The monoisotopic (exact) mass is 234 g/mol. The van der Waals surface area contributed by atoms with E-state index in [1.54, 1.807) is 0 Å². The van der Waals surface area contributed by atoms with Gasteiger partial charge in [-0.3, -0.25) is 4.79 Å². The van der Waals surface area contributed by atoms with Gasteiger partial charge in [-0.2, -0.15) is 0 Å². The molecule has 0 heterocycles.